The maximum absolute atomic E-state index is 9.56. The second-order valence-electron chi connectivity index (χ2n) is 4.32. The summed E-state index contributed by atoms with van der Waals surface area (Å²) in [7, 11) is 0. The van der Waals surface area contributed by atoms with E-state index in [4.69, 9.17) is 10.5 Å². The van der Waals surface area contributed by atoms with Gasteiger partial charge in [-0.15, -0.1) is 0 Å². The van der Waals surface area contributed by atoms with Gasteiger partial charge in [0.15, 0.2) is 17.7 Å². The number of hydrogen-bond acceptors (Lipinski definition) is 8. The van der Waals surface area contributed by atoms with Gasteiger partial charge in [-0.05, 0) is 5.75 Å². The minimum atomic E-state index is -0.682. The van der Waals surface area contributed by atoms with Crippen LogP contribution in [0.1, 0.15) is 13.2 Å². The van der Waals surface area contributed by atoms with E-state index in [1.54, 1.807) is 16.3 Å². The van der Waals surface area contributed by atoms with Gasteiger partial charge in [-0.3, -0.25) is 4.57 Å². The second-order valence-corrected chi connectivity index (χ2v) is 5.64. The molecule has 0 fully saturated rings. The summed E-state index contributed by atoms with van der Waals surface area (Å²) >= 11 is 1.66. The number of fused-ring (bicyclic) bond motifs is 1. The van der Waals surface area contributed by atoms with Gasteiger partial charge in [-0.25, -0.2) is 15.0 Å². The van der Waals surface area contributed by atoms with Gasteiger partial charge in [0.2, 0.25) is 0 Å². The summed E-state index contributed by atoms with van der Waals surface area (Å²) in [5, 5.41) is 18.9. The Morgan fingerprint density at radius 2 is 2.14 bits per heavy atom. The van der Waals surface area contributed by atoms with Crippen LogP contribution in [0.2, 0.25) is 0 Å². The zero-order chi connectivity index (χ0) is 15.2. The molecule has 2 aromatic heterocycles. The summed E-state index contributed by atoms with van der Waals surface area (Å²) in [5.74, 6) is 1.85. The monoisotopic (exact) mass is 313 g/mol. The molecule has 0 radical (unpaired) electrons. The Hall–Kier alpha value is -1.42. The van der Waals surface area contributed by atoms with Crippen molar-refractivity contribution >= 4 is 28.7 Å². The number of aliphatic hydroxyl groups excluding tert-OH is 2. The molecule has 0 aliphatic heterocycles. The van der Waals surface area contributed by atoms with Crippen LogP contribution in [0.4, 0.5) is 5.82 Å². The summed E-state index contributed by atoms with van der Waals surface area (Å²) in [4.78, 5) is 12.1. The molecule has 2 heterocycles. The van der Waals surface area contributed by atoms with E-state index in [1.807, 2.05) is 6.92 Å². The van der Waals surface area contributed by atoms with Gasteiger partial charge in [0.25, 0.3) is 0 Å². The van der Waals surface area contributed by atoms with Crippen LogP contribution in [0.3, 0.4) is 0 Å². The molecule has 0 saturated carbocycles. The molecular weight excluding hydrogens is 294 g/mol. The van der Waals surface area contributed by atoms with Crippen LogP contribution in [0.5, 0.6) is 0 Å². The minimum absolute atomic E-state index is 0.118. The average Bonchev–Trinajstić information content (AvgIpc) is 2.93. The summed E-state index contributed by atoms with van der Waals surface area (Å²) in [6, 6.07) is 0. The van der Waals surface area contributed by atoms with Crippen LogP contribution >= 0.6 is 11.8 Å². The van der Waals surface area contributed by atoms with Crippen LogP contribution < -0.4 is 5.73 Å². The van der Waals surface area contributed by atoms with Gasteiger partial charge in [-0.2, -0.15) is 11.8 Å². The van der Waals surface area contributed by atoms with Gasteiger partial charge in [0.1, 0.15) is 11.8 Å². The molecule has 0 amide bonds. The molecule has 2 aromatic rings. The van der Waals surface area contributed by atoms with Crippen LogP contribution in [0.15, 0.2) is 12.7 Å². The van der Waals surface area contributed by atoms with Crippen molar-refractivity contribution in [2.24, 2.45) is 0 Å². The molecule has 2 unspecified atom stereocenters. The fraction of sp³-hybridized carbons (Fsp3) is 0.583. The number of hydrogen-bond donors (Lipinski definition) is 3. The minimum Gasteiger partial charge on any atom is -0.394 e. The lowest BCUT2D eigenvalue weighted by Gasteiger charge is -2.23. The first-order chi connectivity index (χ1) is 10.2. The summed E-state index contributed by atoms with van der Waals surface area (Å²) < 4.78 is 7.33. The van der Waals surface area contributed by atoms with Crippen molar-refractivity contribution < 1.29 is 14.9 Å². The molecule has 116 valence electrons. The van der Waals surface area contributed by atoms with Crippen molar-refractivity contribution in [1.29, 1.82) is 0 Å². The van der Waals surface area contributed by atoms with Crippen molar-refractivity contribution in [1.82, 2.24) is 19.5 Å². The molecule has 2 atom stereocenters. The third-order valence-corrected chi connectivity index (χ3v) is 3.93. The number of rotatable bonds is 8. The van der Waals surface area contributed by atoms with Crippen molar-refractivity contribution in [2.75, 3.05) is 30.5 Å². The zero-order valence-corrected chi connectivity index (χ0v) is 12.5. The highest BCUT2D eigenvalue weighted by atomic mass is 32.2. The number of anilines is 1. The third-order valence-electron chi connectivity index (χ3n) is 2.91. The first kappa shape index (κ1) is 16.0. The Kier molecular flexibility index (Phi) is 5.74. The summed E-state index contributed by atoms with van der Waals surface area (Å²) in [5.41, 5.74) is 6.68. The number of nitrogens with two attached hydrogens (primary N) is 1. The predicted molar refractivity (Wildman–Crippen MR) is 80.8 cm³/mol. The lowest BCUT2D eigenvalue weighted by molar-refractivity contribution is -0.0851. The Bertz CT molecular complexity index is 579. The summed E-state index contributed by atoms with van der Waals surface area (Å²) in [6.45, 7) is 1.65. The average molecular weight is 313 g/mol. The number of nitrogens with zero attached hydrogens (tertiary/aromatic N) is 4. The second kappa shape index (κ2) is 7.55. The maximum Gasteiger partial charge on any atom is 0.167 e. The van der Waals surface area contributed by atoms with E-state index in [-0.39, 0.29) is 25.1 Å². The van der Waals surface area contributed by atoms with E-state index in [1.165, 1.54) is 12.7 Å². The standard InChI is InChI=1S/C12H19N5O3S/c1-2-21-5-8(3-18)20-9(4-19)17-7-16-10-11(13)14-6-15-12(10)17/h6-9,18-19H,2-5H2,1H3,(H2,13,14,15). The van der Waals surface area contributed by atoms with Gasteiger partial charge in [0.05, 0.1) is 25.6 Å². The first-order valence-corrected chi connectivity index (χ1v) is 7.74. The normalized spacial score (nSPS) is 14.4. The predicted octanol–water partition coefficient (Wildman–Crippen LogP) is 0.0300. The topological polar surface area (TPSA) is 119 Å². The third kappa shape index (κ3) is 3.62. The highest BCUT2D eigenvalue weighted by Crippen LogP contribution is 2.21. The molecule has 2 rings (SSSR count). The molecule has 4 N–H and O–H groups in total. The number of aromatic nitrogens is 4. The molecule has 0 bridgehead atoms. The van der Waals surface area contributed by atoms with Gasteiger partial charge >= 0.3 is 0 Å². The van der Waals surface area contributed by atoms with E-state index in [0.29, 0.717) is 16.9 Å². The molecular formula is C12H19N5O3S. The van der Waals surface area contributed by atoms with Gasteiger partial charge in [-0.1, -0.05) is 6.92 Å². The van der Waals surface area contributed by atoms with Crippen LogP contribution in [-0.2, 0) is 4.74 Å². The van der Waals surface area contributed by atoms with Gasteiger partial charge in [0, 0.05) is 5.75 Å². The van der Waals surface area contributed by atoms with E-state index >= 15 is 0 Å². The molecule has 0 spiro atoms. The first-order valence-electron chi connectivity index (χ1n) is 6.59. The van der Waals surface area contributed by atoms with Crippen LogP contribution in [-0.4, -0.2) is 60.6 Å². The van der Waals surface area contributed by atoms with Crippen molar-refractivity contribution in [3.8, 4) is 0 Å². The molecule has 0 aliphatic rings. The van der Waals surface area contributed by atoms with Crippen molar-refractivity contribution in [3.05, 3.63) is 12.7 Å². The molecule has 8 nitrogen and oxygen atoms in total. The smallest absolute Gasteiger partial charge is 0.167 e. The molecule has 0 aliphatic carbocycles. The lowest BCUT2D eigenvalue weighted by atomic mass is 10.4. The van der Waals surface area contributed by atoms with E-state index in [0.717, 1.165) is 5.75 Å². The summed E-state index contributed by atoms with van der Waals surface area (Å²) in [6.07, 6.45) is 1.78. The van der Waals surface area contributed by atoms with E-state index < -0.39 is 6.23 Å². The molecule has 0 aromatic carbocycles. The number of aliphatic hydroxyl groups is 2. The molecule has 9 heteroatoms. The van der Waals surface area contributed by atoms with E-state index in [2.05, 4.69) is 15.0 Å². The number of thioether (sulfide) groups is 1. The fourth-order valence-electron chi connectivity index (χ4n) is 1.88. The zero-order valence-electron chi connectivity index (χ0n) is 11.7. The number of nitrogen functional groups attached to an aromatic ring is 1. The van der Waals surface area contributed by atoms with Crippen LogP contribution in [0, 0.1) is 0 Å². The Morgan fingerprint density at radius 3 is 2.81 bits per heavy atom. The largest absolute Gasteiger partial charge is 0.394 e. The fourth-order valence-corrected chi connectivity index (χ4v) is 2.57. The molecule has 0 saturated heterocycles. The maximum atomic E-state index is 9.56. The number of imidazole rings is 1. The SMILES string of the molecule is CCSCC(CO)OC(CO)n1cnc2c(N)ncnc21. The van der Waals surface area contributed by atoms with Crippen molar-refractivity contribution in [2.45, 2.75) is 19.3 Å². The lowest BCUT2D eigenvalue weighted by Crippen LogP contribution is -2.28. The van der Waals surface area contributed by atoms with E-state index in [9.17, 15) is 10.2 Å². The quantitative estimate of drug-likeness (QED) is 0.624. The highest BCUT2D eigenvalue weighted by Gasteiger charge is 2.20. The Morgan fingerprint density at radius 1 is 1.33 bits per heavy atom. The number of ether oxygens (including phenoxy) is 1. The highest BCUT2D eigenvalue weighted by molar-refractivity contribution is 7.99. The Labute approximate surface area is 126 Å². The molecule has 21 heavy (non-hydrogen) atoms. The Balaban J connectivity index is 2.21. The van der Waals surface area contributed by atoms with Crippen molar-refractivity contribution in [3.63, 3.8) is 0 Å². The van der Waals surface area contributed by atoms with Crippen LogP contribution in [0.25, 0.3) is 11.2 Å². The van der Waals surface area contributed by atoms with Gasteiger partial charge < -0.3 is 20.7 Å².